The van der Waals surface area contributed by atoms with Crippen LogP contribution in [0, 0.1) is 6.92 Å². The summed E-state index contributed by atoms with van der Waals surface area (Å²) in [6, 6.07) is 21.6. The first-order chi connectivity index (χ1) is 18.6. The zero-order chi connectivity index (χ0) is 28.4. The van der Waals surface area contributed by atoms with E-state index in [9.17, 15) is 18.0 Å². The lowest BCUT2D eigenvalue weighted by molar-refractivity contribution is -0.138. The summed E-state index contributed by atoms with van der Waals surface area (Å²) in [7, 11) is -4.12. The summed E-state index contributed by atoms with van der Waals surface area (Å²) in [6.07, 6.45) is 2.28. The van der Waals surface area contributed by atoms with E-state index >= 15 is 0 Å². The minimum Gasteiger partial charge on any atom is -0.354 e. The molecule has 3 aromatic rings. The highest BCUT2D eigenvalue weighted by atomic mass is 35.5. The fourth-order valence-electron chi connectivity index (χ4n) is 4.08. The first kappa shape index (κ1) is 30.2. The van der Waals surface area contributed by atoms with E-state index in [1.165, 1.54) is 29.2 Å². The average Bonchev–Trinajstić information content (AvgIpc) is 2.93. The standard InChI is InChI=1S/C30H36ClN3O4S/c1-4-5-20-32-30(36)24(3)33(21-19-25-9-7-6-8-10-25)29(35)22-34(27-15-11-23(2)12-16-27)39(37,38)28-17-13-26(31)14-18-28/h6-18,24H,4-5,19-22H2,1-3H3,(H,32,36). The van der Waals surface area contributed by atoms with E-state index in [0.717, 1.165) is 28.3 Å². The third kappa shape index (κ3) is 8.31. The lowest BCUT2D eigenvalue weighted by Crippen LogP contribution is -2.52. The van der Waals surface area contributed by atoms with Gasteiger partial charge in [0, 0.05) is 18.1 Å². The first-order valence-electron chi connectivity index (χ1n) is 13.1. The largest absolute Gasteiger partial charge is 0.354 e. The zero-order valence-electron chi connectivity index (χ0n) is 22.6. The summed E-state index contributed by atoms with van der Waals surface area (Å²) in [5.41, 5.74) is 2.32. The maximum Gasteiger partial charge on any atom is 0.264 e. The maximum absolute atomic E-state index is 13.8. The second-order valence-corrected chi connectivity index (χ2v) is 11.7. The van der Waals surface area contributed by atoms with Gasteiger partial charge in [0.05, 0.1) is 10.6 Å². The van der Waals surface area contributed by atoms with Gasteiger partial charge in [-0.3, -0.25) is 13.9 Å². The Hall–Kier alpha value is -3.36. The lowest BCUT2D eigenvalue weighted by atomic mass is 10.1. The van der Waals surface area contributed by atoms with Gasteiger partial charge in [-0.05, 0) is 68.7 Å². The van der Waals surface area contributed by atoms with Crippen LogP contribution in [0.25, 0.3) is 0 Å². The molecule has 1 unspecified atom stereocenters. The number of nitrogens with one attached hydrogen (secondary N) is 1. The fraction of sp³-hybridized carbons (Fsp3) is 0.333. The Morgan fingerprint density at radius 3 is 2.21 bits per heavy atom. The molecule has 0 aliphatic heterocycles. The SMILES string of the molecule is CCCCNC(=O)C(C)N(CCc1ccccc1)C(=O)CN(c1ccc(C)cc1)S(=O)(=O)c1ccc(Cl)cc1. The summed E-state index contributed by atoms with van der Waals surface area (Å²) in [4.78, 5) is 28.3. The molecular formula is C30H36ClN3O4S. The summed E-state index contributed by atoms with van der Waals surface area (Å²) in [5.74, 6) is -0.741. The van der Waals surface area contributed by atoms with Gasteiger partial charge in [0.2, 0.25) is 11.8 Å². The Balaban J connectivity index is 1.94. The smallest absolute Gasteiger partial charge is 0.264 e. The van der Waals surface area contributed by atoms with Crippen molar-refractivity contribution in [2.24, 2.45) is 0 Å². The van der Waals surface area contributed by atoms with Crippen molar-refractivity contribution in [3.05, 3.63) is 95.0 Å². The minimum atomic E-state index is -4.12. The number of benzene rings is 3. The van der Waals surface area contributed by atoms with Gasteiger partial charge < -0.3 is 10.2 Å². The van der Waals surface area contributed by atoms with Crippen LogP contribution in [0.2, 0.25) is 5.02 Å². The molecule has 0 aromatic heterocycles. The Kier molecular flexibility index (Phi) is 10.9. The van der Waals surface area contributed by atoms with Crippen molar-refractivity contribution in [1.82, 2.24) is 10.2 Å². The molecule has 0 heterocycles. The number of rotatable bonds is 13. The number of aryl methyl sites for hydroxylation is 1. The second kappa shape index (κ2) is 14.1. The molecule has 0 saturated carbocycles. The van der Waals surface area contributed by atoms with Gasteiger partial charge in [0.15, 0.2) is 0 Å². The van der Waals surface area contributed by atoms with Crippen molar-refractivity contribution in [2.45, 2.75) is 51.0 Å². The van der Waals surface area contributed by atoms with Gasteiger partial charge in [0.1, 0.15) is 12.6 Å². The van der Waals surface area contributed by atoms with Crippen LogP contribution in [0.1, 0.15) is 37.8 Å². The van der Waals surface area contributed by atoms with E-state index in [1.807, 2.05) is 44.2 Å². The highest BCUT2D eigenvalue weighted by Gasteiger charge is 2.32. The molecular weight excluding hydrogens is 534 g/mol. The van der Waals surface area contributed by atoms with Crippen molar-refractivity contribution < 1.29 is 18.0 Å². The Labute approximate surface area is 236 Å². The number of carbonyl (C=O) groups is 2. The van der Waals surface area contributed by atoms with Crippen LogP contribution in [0.15, 0.2) is 83.8 Å². The maximum atomic E-state index is 13.8. The molecule has 1 atom stereocenters. The monoisotopic (exact) mass is 569 g/mol. The zero-order valence-corrected chi connectivity index (χ0v) is 24.2. The highest BCUT2D eigenvalue weighted by molar-refractivity contribution is 7.92. The first-order valence-corrected chi connectivity index (χ1v) is 14.9. The van der Waals surface area contributed by atoms with Crippen LogP contribution in [-0.2, 0) is 26.0 Å². The van der Waals surface area contributed by atoms with Crippen molar-refractivity contribution in [3.63, 3.8) is 0 Å². The van der Waals surface area contributed by atoms with E-state index in [2.05, 4.69) is 5.32 Å². The Morgan fingerprint density at radius 1 is 0.949 bits per heavy atom. The summed E-state index contributed by atoms with van der Waals surface area (Å²) in [5, 5.41) is 3.30. The van der Waals surface area contributed by atoms with Crippen molar-refractivity contribution in [2.75, 3.05) is 23.9 Å². The van der Waals surface area contributed by atoms with E-state index in [1.54, 1.807) is 31.2 Å². The molecule has 0 aliphatic carbocycles. The normalized spacial score (nSPS) is 12.0. The number of unbranched alkanes of at least 4 members (excludes halogenated alkanes) is 1. The highest BCUT2D eigenvalue weighted by Crippen LogP contribution is 2.25. The molecule has 208 valence electrons. The number of halogens is 1. The second-order valence-electron chi connectivity index (χ2n) is 9.44. The number of anilines is 1. The van der Waals surface area contributed by atoms with Crippen LogP contribution >= 0.6 is 11.6 Å². The molecule has 1 N–H and O–H groups in total. The van der Waals surface area contributed by atoms with Crippen molar-refractivity contribution in [3.8, 4) is 0 Å². The van der Waals surface area contributed by atoms with Crippen LogP contribution in [0.5, 0.6) is 0 Å². The van der Waals surface area contributed by atoms with Gasteiger partial charge in [-0.15, -0.1) is 0 Å². The quantitative estimate of drug-likeness (QED) is 0.286. The molecule has 39 heavy (non-hydrogen) atoms. The number of hydrogen-bond donors (Lipinski definition) is 1. The van der Waals surface area contributed by atoms with Crippen molar-refractivity contribution >= 4 is 39.1 Å². The molecule has 0 bridgehead atoms. The molecule has 3 aromatic carbocycles. The molecule has 2 amide bonds. The Bertz CT molecular complexity index is 1330. The molecule has 0 spiro atoms. The predicted octanol–water partition coefficient (Wildman–Crippen LogP) is 5.22. The van der Waals surface area contributed by atoms with Crippen LogP contribution in [0.4, 0.5) is 5.69 Å². The molecule has 0 radical (unpaired) electrons. The average molecular weight is 570 g/mol. The van der Waals surface area contributed by atoms with Crippen LogP contribution in [0.3, 0.4) is 0 Å². The summed E-state index contributed by atoms with van der Waals surface area (Å²) >= 11 is 5.99. The van der Waals surface area contributed by atoms with Gasteiger partial charge in [-0.25, -0.2) is 8.42 Å². The number of amides is 2. The number of carbonyl (C=O) groups excluding carboxylic acids is 2. The third-order valence-electron chi connectivity index (χ3n) is 6.48. The fourth-order valence-corrected chi connectivity index (χ4v) is 5.62. The van der Waals surface area contributed by atoms with E-state index in [0.29, 0.717) is 23.7 Å². The number of sulfonamides is 1. The molecule has 7 nitrogen and oxygen atoms in total. The third-order valence-corrected chi connectivity index (χ3v) is 8.52. The molecule has 3 rings (SSSR count). The molecule has 0 saturated heterocycles. The number of hydrogen-bond acceptors (Lipinski definition) is 4. The van der Waals surface area contributed by atoms with Crippen LogP contribution < -0.4 is 9.62 Å². The lowest BCUT2D eigenvalue weighted by Gasteiger charge is -2.32. The van der Waals surface area contributed by atoms with Gasteiger partial charge in [-0.1, -0.05) is 73.0 Å². The minimum absolute atomic E-state index is 0.0152. The molecule has 0 aliphatic rings. The molecule has 9 heteroatoms. The van der Waals surface area contributed by atoms with Gasteiger partial charge in [0.25, 0.3) is 10.0 Å². The van der Waals surface area contributed by atoms with Gasteiger partial charge in [-0.2, -0.15) is 0 Å². The topological polar surface area (TPSA) is 86.8 Å². The van der Waals surface area contributed by atoms with E-state index in [-0.39, 0.29) is 17.3 Å². The van der Waals surface area contributed by atoms with Gasteiger partial charge >= 0.3 is 0 Å². The Morgan fingerprint density at radius 2 is 1.59 bits per heavy atom. The summed E-state index contributed by atoms with van der Waals surface area (Å²) in [6.45, 7) is 5.92. The molecule has 0 fully saturated rings. The summed E-state index contributed by atoms with van der Waals surface area (Å²) < 4.78 is 28.6. The predicted molar refractivity (Wildman–Crippen MR) is 156 cm³/mol. The van der Waals surface area contributed by atoms with E-state index < -0.39 is 28.5 Å². The van der Waals surface area contributed by atoms with E-state index in [4.69, 9.17) is 11.6 Å². The van der Waals surface area contributed by atoms with Crippen LogP contribution in [-0.4, -0.2) is 50.8 Å². The number of nitrogens with zero attached hydrogens (tertiary/aromatic N) is 2. The van der Waals surface area contributed by atoms with Crippen molar-refractivity contribution in [1.29, 1.82) is 0 Å².